The monoisotopic (exact) mass is 272 g/mol. The SMILES string of the molecule is COC(CCCNc1cc(F)ccc1[N+](=O)[O-])OC. The van der Waals surface area contributed by atoms with Crippen LogP contribution in [0.5, 0.6) is 0 Å². The quantitative estimate of drug-likeness (QED) is 0.341. The van der Waals surface area contributed by atoms with Gasteiger partial charge in [-0.25, -0.2) is 4.39 Å². The van der Waals surface area contributed by atoms with E-state index in [1.54, 1.807) is 14.2 Å². The smallest absolute Gasteiger partial charge is 0.292 e. The highest BCUT2D eigenvalue weighted by atomic mass is 19.1. The van der Waals surface area contributed by atoms with Gasteiger partial charge in [-0.2, -0.15) is 0 Å². The molecule has 0 spiro atoms. The Morgan fingerprint density at radius 3 is 2.68 bits per heavy atom. The van der Waals surface area contributed by atoms with E-state index < -0.39 is 10.7 Å². The average Bonchev–Trinajstić information content (AvgIpc) is 2.38. The summed E-state index contributed by atoms with van der Waals surface area (Å²) in [5.41, 5.74) is 0.0350. The number of anilines is 1. The molecule has 7 heteroatoms. The summed E-state index contributed by atoms with van der Waals surface area (Å²) in [6, 6.07) is 3.32. The number of hydrogen-bond donors (Lipinski definition) is 1. The molecule has 0 unspecified atom stereocenters. The Labute approximate surface area is 110 Å². The fourth-order valence-corrected chi connectivity index (χ4v) is 1.63. The van der Waals surface area contributed by atoms with Crippen LogP contribution in [-0.2, 0) is 9.47 Å². The van der Waals surface area contributed by atoms with Gasteiger partial charge in [0.1, 0.15) is 11.5 Å². The lowest BCUT2D eigenvalue weighted by Crippen LogP contribution is -2.15. The van der Waals surface area contributed by atoms with Gasteiger partial charge >= 0.3 is 0 Å². The van der Waals surface area contributed by atoms with E-state index in [0.717, 1.165) is 18.2 Å². The van der Waals surface area contributed by atoms with E-state index >= 15 is 0 Å². The molecule has 0 radical (unpaired) electrons. The molecule has 0 aromatic heterocycles. The van der Waals surface area contributed by atoms with Crippen LogP contribution in [0.3, 0.4) is 0 Å². The predicted molar refractivity (Wildman–Crippen MR) is 68.6 cm³/mol. The molecule has 0 heterocycles. The Bertz CT molecular complexity index is 424. The fraction of sp³-hybridized carbons (Fsp3) is 0.500. The molecule has 6 nitrogen and oxygen atoms in total. The van der Waals surface area contributed by atoms with E-state index in [0.29, 0.717) is 19.4 Å². The summed E-state index contributed by atoms with van der Waals surface area (Å²) in [5.74, 6) is -0.514. The van der Waals surface area contributed by atoms with Crippen molar-refractivity contribution in [3.63, 3.8) is 0 Å². The van der Waals surface area contributed by atoms with Crippen LogP contribution in [0.15, 0.2) is 18.2 Å². The van der Waals surface area contributed by atoms with Crippen LogP contribution in [0.25, 0.3) is 0 Å². The molecule has 0 aliphatic carbocycles. The van der Waals surface area contributed by atoms with Crippen molar-refractivity contribution in [2.24, 2.45) is 0 Å². The molecular formula is C12H17FN2O4. The Kier molecular flexibility index (Phi) is 6.17. The van der Waals surface area contributed by atoms with E-state index in [1.165, 1.54) is 0 Å². The zero-order chi connectivity index (χ0) is 14.3. The Morgan fingerprint density at radius 1 is 1.42 bits per heavy atom. The van der Waals surface area contributed by atoms with E-state index in [4.69, 9.17) is 9.47 Å². The van der Waals surface area contributed by atoms with Gasteiger partial charge in [0.25, 0.3) is 5.69 Å². The molecule has 1 aromatic carbocycles. The maximum Gasteiger partial charge on any atom is 0.292 e. The number of methoxy groups -OCH3 is 2. The fourth-order valence-electron chi connectivity index (χ4n) is 1.63. The van der Waals surface area contributed by atoms with Crippen molar-refractivity contribution < 1.29 is 18.8 Å². The van der Waals surface area contributed by atoms with E-state index in [1.807, 2.05) is 0 Å². The van der Waals surface area contributed by atoms with Gasteiger partial charge in [0, 0.05) is 32.9 Å². The summed E-state index contributed by atoms with van der Waals surface area (Å²) in [4.78, 5) is 10.2. The number of hydrogen-bond acceptors (Lipinski definition) is 5. The molecule has 0 atom stereocenters. The number of benzene rings is 1. The molecule has 0 saturated carbocycles. The van der Waals surface area contributed by atoms with Crippen LogP contribution >= 0.6 is 0 Å². The van der Waals surface area contributed by atoms with E-state index in [9.17, 15) is 14.5 Å². The molecule has 0 aliphatic heterocycles. The largest absolute Gasteiger partial charge is 0.379 e. The van der Waals surface area contributed by atoms with Gasteiger partial charge < -0.3 is 14.8 Å². The first-order valence-electron chi connectivity index (χ1n) is 5.82. The van der Waals surface area contributed by atoms with Crippen LogP contribution in [-0.4, -0.2) is 32.0 Å². The lowest BCUT2D eigenvalue weighted by Gasteiger charge is -2.13. The Morgan fingerprint density at radius 2 is 2.11 bits per heavy atom. The molecule has 0 saturated heterocycles. The number of nitrogens with one attached hydrogen (secondary N) is 1. The minimum absolute atomic E-state index is 0.142. The normalized spacial score (nSPS) is 10.7. The third-order valence-corrected chi connectivity index (χ3v) is 2.61. The zero-order valence-electron chi connectivity index (χ0n) is 10.9. The topological polar surface area (TPSA) is 73.6 Å². The van der Waals surface area contributed by atoms with Gasteiger partial charge in [0.15, 0.2) is 6.29 Å². The van der Waals surface area contributed by atoms with Gasteiger partial charge in [0.05, 0.1) is 4.92 Å². The van der Waals surface area contributed by atoms with Crippen molar-refractivity contribution in [3.05, 3.63) is 34.1 Å². The van der Waals surface area contributed by atoms with Gasteiger partial charge in [-0.05, 0) is 18.9 Å². The maximum atomic E-state index is 13.1. The molecule has 106 valence electrons. The molecule has 1 aromatic rings. The standard InChI is InChI=1S/C12H17FN2O4/c1-18-12(19-2)4-3-7-14-10-8-9(13)5-6-11(10)15(16)17/h5-6,8,12,14H,3-4,7H2,1-2H3. The molecule has 1 rings (SSSR count). The van der Waals surface area contributed by atoms with E-state index in [2.05, 4.69) is 5.32 Å². The number of rotatable bonds is 8. The highest BCUT2D eigenvalue weighted by Gasteiger charge is 2.14. The first-order valence-corrected chi connectivity index (χ1v) is 5.82. The van der Waals surface area contributed by atoms with Crippen molar-refractivity contribution >= 4 is 11.4 Å². The Balaban J connectivity index is 2.53. The molecule has 1 N–H and O–H groups in total. The minimum atomic E-state index is -0.547. The van der Waals surface area contributed by atoms with Crippen molar-refractivity contribution in [2.45, 2.75) is 19.1 Å². The van der Waals surface area contributed by atoms with Gasteiger partial charge in [-0.3, -0.25) is 10.1 Å². The summed E-state index contributed by atoms with van der Waals surface area (Å²) < 4.78 is 23.1. The summed E-state index contributed by atoms with van der Waals surface area (Å²) >= 11 is 0. The lowest BCUT2D eigenvalue weighted by atomic mass is 10.2. The maximum absolute atomic E-state index is 13.1. The second-order valence-electron chi connectivity index (χ2n) is 3.89. The molecule has 19 heavy (non-hydrogen) atoms. The minimum Gasteiger partial charge on any atom is -0.379 e. The molecule has 0 aliphatic rings. The number of nitro benzene ring substituents is 1. The van der Waals surface area contributed by atoms with Gasteiger partial charge in [-0.1, -0.05) is 0 Å². The number of ether oxygens (including phenoxy) is 2. The van der Waals surface area contributed by atoms with Crippen molar-refractivity contribution in [3.8, 4) is 0 Å². The first kappa shape index (κ1) is 15.3. The van der Waals surface area contributed by atoms with Crippen LogP contribution in [0, 0.1) is 15.9 Å². The van der Waals surface area contributed by atoms with Crippen molar-refractivity contribution in [1.29, 1.82) is 0 Å². The summed E-state index contributed by atoms with van der Waals surface area (Å²) in [5, 5.41) is 13.6. The van der Waals surface area contributed by atoms with Crippen molar-refractivity contribution in [1.82, 2.24) is 0 Å². The molecule has 0 bridgehead atoms. The second-order valence-corrected chi connectivity index (χ2v) is 3.89. The summed E-state index contributed by atoms with van der Waals surface area (Å²) in [7, 11) is 3.08. The zero-order valence-corrected chi connectivity index (χ0v) is 10.9. The highest BCUT2D eigenvalue weighted by molar-refractivity contribution is 5.61. The average molecular weight is 272 g/mol. The number of halogens is 1. The Hall–Kier alpha value is -1.73. The van der Waals surface area contributed by atoms with Crippen LogP contribution in [0.2, 0.25) is 0 Å². The molecule has 0 fully saturated rings. The third kappa shape index (κ3) is 4.80. The van der Waals surface area contributed by atoms with Crippen LogP contribution in [0.4, 0.5) is 15.8 Å². The van der Waals surface area contributed by atoms with E-state index in [-0.39, 0.29) is 17.7 Å². The predicted octanol–water partition coefficient (Wildman–Crippen LogP) is 2.54. The summed E-state index contributed by atoms with van der Waals surface area (Å²) in [6.07, 6.45) is 1.02. The first-order chi connectivity index (χ1) is 9.08. The van der Waals surface area contributed by atoms with Gasteiger partial charge in [-0.15, -0.1) is 0 Å². The number of nitrogens with zero attached hydrogens (tertiary/aromatic N) is 1. The third-order valence-electron chi connectivity index (χ3n) is 2.61. The van der Waals surface area contributed by atoms with Crippen LogP contribution < -0.4 is 5.32 Å². The van der Waals surface area contributed by atoms with Crippen LogP contribution in [0.1, 0.15) is 12.8 Å². The number of nitro groups is 1. The highest BCUT2D eigenvalue weighted by Crippen LogP contribution is 2.24. The summed E-state index contributed by atoms with van der Waals surface area (Å²) in [6.45, 7) is 0.466. The molecule has 0 amide bonds. The second kappa shape index (κ2) is 7.65. The lowest BCUT2D eigenvalue weighted by molar-refractivity contribution is -0.384. The van der Waals surface area contributed by atoms with Crippen molar-refractivity contribution in [2.75, 3.05) is 26.1 Å². The van der Waals surface area contributed by atoms with Gasteiger partial charge in [0.2, 0.25) is 0 Å². The molecular weight excluding hydrogens is 255 g/mol.